The predicted molar refractivity (Wildman–Crippen MR) is 79.0 cm³/mol. The Hall–Kier alpha value is -1.27. The van der Waals surface area contributed by atoms with E-state index < -0.39 is 0 Å². The fraction of sp³-hybridized carbons (Fsp3) is 0.500. The van der Waals surface area contributed by atoms with E-state index in [4.69, 9.17) is 10.3 Å². The molecule has 3 rings (SSSR count). The fourth-order valence-corrected chi connectivity index (χ4v) is 3.28. The van der Waals surface area contributed by atoms with Crippen LogP contribution in [0.25, 0.3) is 11.5 Å². The van der Waals surface area contributed by atoms with Crippen LogP contribution in [0.4, 0.5) is 0 Å². The van der Waals surface area contributed by atoms with Crippen LogP contribution < -0.4 is 5.73 Å². The first-order valence-electron chi connectivity index (χ1n) is 6.94. The molecule has 1 saturated carbocycles. The maximum absolute atomic E-state index is 5.86. The molecule has 20 heavy (non-hydrogen) atoms. The van der Waals surface area contributed by atoms with Crippen molar-refractivity contribution in [3.63, 3.8) is 0 Å². The largest absolute Gasteiger partial charge is 0.339 e. The van der Waals surface area contributed by atoms with Crippen LogP contribution in [-0.4, -0.2) is 21.7 Å². The van der Waals surface area contributed by atoms with Gasteiger partial charge in [-0.3, -0.25) is 4.98 Å². The number of nitrogens with zero attached hydrogens (tertiary/aromatic N) is 3. The van der Waals surface area contributed by atoms with Crippen LogP contribution in [0.15, 0.2) is 27.3 Å². The van der Waals surface area contributed by atoms with Gasteiger partial charge in [0.15, 0.2) is 0 Å². The third-order valence-electron chi connectivity index (χ3n) is 3.94. The van der Waals surface area contributed by atoms with Crippen molar-refractivity contribution in [3.8, 4) is 11.5 Å². The highest BCUT2D eigenvalue weighted by atomic mass is 79.9. The van der Waals surface area contributed by atoms with Crippen molar-refractivity contribution < 1.29 is 4.52 Å². The van der Waals surface area contributed by atoms with Crippen molar-refractivity contribution >= 4 is 15.9 Å². The number of hydrogen-bond acceptors (Lipinski definition) is 5. The van der Waals surface area contributed by atoms with E-state index in [-0.39, 0.29) is 5.92 Å². The molecule has 1 aliphatic carbocycles. The Labute approximate surface area is 126 Å². The summed E-state index contributed by atoms with van der Waals surface area (Å²) >= 11 is 3.46. The molecule has 5 nitrogen and oxygen atoms in total. The van der Waals surface area contributed by atoms with Crippen molar-refractivity contribution in [2.24, 2.45) is 11.7 Å². The maximum Gasteiger partial charge on any atom is 0.230 e. The summed E-state index contributed by atoms with van der Waals surface area (Å²) < 4.78 is 6.34. The van der Waals surface area contributed by atoms with E-state index in [1.165, 1.54) is 12.8 Å². The van der Waals surface area contributed by atoms with Crippen LogP contribution in [0.5, 0.6) is 0 Å². The van der Waals surface area contributed by atoms with E-state index in [2.05, 4.69) is 31.1 Å². The first-order valence-corrected chi connectivity index (χ1v) is 7.73. The summed E-state index contributed by atoms with van der Waals surface area (Å²) in [6.07, 6.45) is 6.38. The lowest BCUT2D eigenvalue weighted by Gasteiger charge is -2.27. The number of hydrogen-bond donors (Lipinski definition) is 1. The van der Waals surface area contributed by atoms with Crippen molar-refractivity contribution in [1.29, 1.82) is 0 Å². The Morgan fingerprint density at radius 2 is 2.20 bits per heavy atom. The lowest BCUT2D eigenvalue weighted by atomic mass is 9.79. The number of rotatable bonds is 3. The third-order valence-corrected chi connectivity index (χ3v) is 4.58. The number of halogens is 1. The van der Waals surface area contributed by atoms with Gasteiger partial charge < -0.3 is 10.3 Å². The second-order valence-electron chi connectivity index (χ2n) is 5.18. The standard InChI is InChI=1S/C14H17BrN4O/c15-11-6-3-7-17-12(11)13-18-14(20-19-13)10-5-2-1-4-9(10)8-16/h3,6-7,9-10H,1-2,4-5,8,16H2. The molecule has 2 atom stereocenters. The van der Waals surface area contributed by atoms with Gasteiger partial charge in [-0.15, -0.1) is 0 Å². The third kappa shape index (κ3) is 2.62. The highest BCUT2D eigenvalue weighted by Crippen LogP contribution is 2.37. The number of pyridine rings is 1. The van der Waals surface area contributed by atoms with E-state index in [9.17, 15) is 0 Å². The highest BCUT2D eigenvalue weighted by Gasteiger charge is 2.30. The molecule has 6 heteroatoms. The molecule has 0 bridgehead atoms. The summed E-state index contributed by atoms with van der Waals surface area (Å²) in [5.74, 6) is 1.98. The molecule has 0 radical (unpaired) electrons. The summed E-state index contributed by atoms with van der Waals surface area (Å²) in [7, 11) is 0. The van der Waals surface area contributed by atoms with Crippen molar-refractivity contribution in [2.45, 2.75) is 31.6 Å². The molecule has 1 aliphatic rings. The maximum atomic E-state index is 5.86. The molecule has 2 aromatic heterocycles. The van der Waals surface area contributed by atoms with Crippen LogP contribution in [0, 0.1) is 5.92 Å². The zero-order valence-electron chi connectivity index (χ0n) is 11.1. The van der Waals surface area contributed by atoms with Crippen LogP contribution in [0.1, 0.15) is 37.5 Å². The average molecular weight is 337 g/mol. The first-order chi connectivity index (χ1) is 9.79. The SMILES string of the molecule is NCC1CCCCC1c1nc(-c2ncccc2Br)no1. The lowest BCUT2D eigenvalue weighted by Crippen LogP contribution is -2.25. The molecule has 0 aromatic carbocycles. The van der Waals surface area contributed by atoms with E-state index in [0.29, 0.717) is 29.9 Å². The molecule has 0 saturated heterocycles. The summed E-state index contributed by atoms with van der Waals surface area (Å²) in [5.41, 5.74) is 6.57. The van der Waals surface area contributed by atoms with Gasteiger partial charge in [0.2, 0.25) is 11.7 Å². The van der Waals surface area contributed by atoms with Gasteiger partial charge in [0, 0.05) is 16.6 Å². The minimum Gasteiger partial charge on any atom is -0.339 e. The Morgan fingerprint density at radius 1 is 1.35 bits per heavy atom. The van der Waals surface area contributed by atoms with E-state index in [1.54, 1.807) is 6.20 Å². The Morgan fingerprint density at radius 3 is 3.00 bits per heavy atom. The smallest absolute Gasteiger partial charge is 0.230 e. The summed E-state index contributed by atoms with van der Waals surface area (Å²) in [4.78, 5) is 8.83. The molecular formula is C14H17BrN4O. The second kappa shape index (κ2) is 6.01. The second-order valence-corrected chi connectivity index (χ2v) is 6.03. The summed E-state index contributed by atoms with van der Waals surface area (Å²) in [5, 5.41) is 4.07. The summed E-state index contributed by atoms with van der Waals surface area (Å²) in [6, 6.07) is 3.78. The number of aromatic nitrogens is 3. The van der Waals surface area contributed by atoms with Crippen molar-refractivity contribution in [1.82, 2.24) is 15.1 Å². The normalized spacial score (nSPS) is 22.9. The van der Waals surface area contributed by atoms with Gasteiger partial charge in [0.25, 0.3) is 0 Å². The van der Waals surface area contributed by atoms with Crippen molar-refractivity contribution in [2.75, 3.05) is 6.54 Å². The minimum atomic E-state index is 0.289. The molecule has 2 N–H and O–H groups in total. The highest BCUT2D eigenvalue weighted by molar-refractivity contribution is 9.10. The van der Waals surface area contributed by atoms with Crippen LogP contribution >= 0.6 is 15.9 Å². The molecule has 2 heterocycles. The zero-order chi connectivity index (χ0) is 13.9. The lowest BCUT2D eigenvalue weighted by molar-refractivity contribution is 0.249. The minimum absolute atomic E-state index is 0.289. The van der Waals surface area contributed by atoms with Crippen molar-refractivity contribution in [3.05, 3.63) is 28.7 Å². The molecule has 0 aliphatic heterocycles. The van der Waals surface area contributed by atoms with Gasteiger partial charge in [0.05, 0.1) is 0 Å². The molecule has 0 spiro atoms. The number of nitrogens with two attached hydrogens (primary N) is 1. The molecule has 2 unspecified atom stereocenters. The van der Waals surface area contributed by atoms with E-state index >= 15 is 0 Å². The Bertz CT molecular complexity index is 586. The van der Waals surface area contributed by atoms with Gasteiger partial charge >= 0.3 is 0 Å². The van der Waals surface area contributed by atoms with E-state index in [0.717, 1.165) is 17.3 Å². The molecule has 0 amide bonds. The predicted octanol–water partition coefficient (Wildman–Crippen LogP) is 3.13. The van der Waals surface area contributed by atoms with Crippen LogP contribution in [0.3, 0.4) is 0 Å². The van der Waals surface area contributed by atoms with Gasteiger partial charge in [-0.25, -0.2) is 0 Å². The first kappa shape index (κ1) is 13.7. The topological polar surface area (TPSA) is 77.8 Å². The average Bonchev–Trinajstić information content (AvgIpc) is 2.97. The Kier molecular flexibility index (Phi) is 4.12. The molecule has 106 valence electrons. The van der Waals surface area contributed by atoms with Gasteiger partial charge in [0.1, 0.15) is 5.69 Å². The van der Waals surface area contributed by atoms with Crippen LogP contribution in [-0.2, 0) is 0 Å². The summed E-state index contributed by atoms with van der Waals surface area (Å²) in [6.45, 7) is 0.676. The molecular weight excluding hydrogens is 320 g/mol. The fourth-order valence-electron chi connectivity index (χ4n) is 2.85. The molecule has 2 aromatic rings. The quantitative estimate of drug-likeness (QED) is 0.931. The molecule has 1 fully saturated rings. The zero-order valence-corrected chi connectivity index (χ0v) is 12.7. The van der Waals surface area contributed by atoms with Crippen LogP contribution in [0.2, 0.25) is 0 Å². The van der Waals surface area contributed by atoms with Gasteiger partial charge in [-0.1, -0.05) is 18.0 Å². The Balaban J connectivity index is 1.88. The van der Waals surface area contributed by atoms with Gasteiger partial charge in [-0.2, -0.15) is 4.98 Å². The monoisotopic (exact) mass is 336 g/mol. The van der Waals surface area contributed by atoms with E-state index in [1.807, 2.05) is 12.1 Å². The van der Waals surface area contributed by atoms with Gasteiger partial charge in [-0.05, 0) is 53.4 Å².